The zero-order chi connectivity index (χ0) is 11.1. The van der Waals surface area contributed by atoms with Crippen molar-refractivity contribution in [2.45, 2.75) is 38.0 Å². The first-order valence-corrected chi connectivity index (χ1v) is 5.31. The van der Waals surface area contributed by atoms with Gasteiger partial charge in [0.25, 0.3) is 0 Å². The lowest BCUT2D eigenvalue weighted by Gasteiger charge is -2.23. The maximum atomic E-state index is 11.4. The maximum Gasteiger partial charge on any atom is 0.315 e. The standard InChI is InChI=1S/C11H16N2O2/c1-8-7-9(13(2)12-8)11(10(14)15)5-3-4-6-11/h7H,3-6H2,1-2H3,(H,14,15). The van der Waals surface area contributed by atoms with Crippen molar-refractivity contribution >= 4 is 5.97 Å². The minimum Gasteiger partial charge on any atom is -0.481 e. The molecule has 0 aliphatic heterocycles. The number of hydrogen-bond acceptors (Lipinski definition) is 2. The Balaban J connectivity index is 2.49. The summed E-state index contributed by atoms with van der Waals surface area (Å²) in [5.41, 5.74) is 1.06. The Hall–Kier alpha value is -1.32. The van der Waals surface area contributed by atoms with Gasteiger partial charge in [-0.15, -0.1) is 0 Å². The van der Waals surface area contributed by atoms with Crippen molar-refractivity contribution < 1.29 is 9.90 Å². The van der Waals surface area contributed by atoms with Crippen LogP contribution < -0.4 is 0 Å². The first kappa shape index (κ1) is 10.2. The molecule has 1 heterocycles. The summed E-state index contributed by atoms with van der Waals surface area (Å²) in [6.07, 6.45) is 3.47. The fourth-order valence-corrected chi connectivity index (χ4v) is 2.62. The molecule has 82 valence electrons. The van der Waals surface area contributed by atoms with E-state index >= 15 is 0 Å². The molecule has 0 spiro atoms. The predicted octanol–water partition coefficient (Wildman–Crippen LogP) is 1.62. The Labute approximate surface area is 88.9 Å². The average molecular weight is 208 g/mol. The van der Waals surface area contributed by atoms with Gasteiger partial charge in [-0.25, -0.2) is 0 Å². The summed E-state index contributed by atoms with van der Waals surface area (Å²) >= 11 is 0. The van der Waals surface area contributed by atoms with Crippen molar-refractivity contribution in [2.24, 2.45) is 7.05 Å². The number of aromatic nitrogens is 2. The summed E-state index contributed by atoms with van der Waals surface area (Å²) in [6.45, 7) is 1.90. The monoisotopic (exact) mass is 208 g/mol. The van der Waals surface area contributed by atoms with E-state index in [1.54, 1.807) is 4.68 Å². The van der Waals surface area contributed by atoms with Crippen LogP contribution in [0.4, 0.5) is 0 Å². The Morgan fingerprint density at radius 3 is 2.53 bits per heavy atom. The summed E-state index contributed by atoms with van der Waals surface area (Å²) < 4.78 is 1.72. The lowest BCUT2D eigenvalue weighted by molar-refractivity contribution is -0.143. The van der Waals surface area contributed by atoms with Crippen LogP contribution >= 0.6 is 0 Å². The van der Waals surface area contributed by atoms with Crippen molar-refractivity contribution in [1.82, 2.24) is 9.78 Å². The minimum atomic E-state index is -0.706. The van der Waals surface area contributed by atoms with E-state index in [0.29, 0.717) is 0 Å². The fraction of sp³-hybridized carbons (Fsp3) is 0.636. The van der Waals surface area contributed by atoms with Crippen LogP contribution in [0.25, 0.3) is 0 Å². The second-order valence-corrected chi connectivity index (χ2v) is 4.39. The van der Waals surface area contributed by atoms with E-state index in [1.807, 2.05) is 20.0 Å². The molecule has 1 fully saturated rings. The number of rotatable bonds is 2. The van der Waals surface area contributed by atoms with Crippen LogP contribution in [-0.4, -0.2) is 20.9 Å². The smallest absolute Gasteiger partial charge is 0.315 e. The highest BCUT2D eigenvalue weighted by molar-refractivity contribution is 5.81. The van der Waals surface area contributed by atoms with Crippen molar-refractivity contribution in [3.63, 3.8) is 0 Å². The van der Waals surface area contributed by atoms with E-state index < -0.39 is 11.4 Å². The molecule has 1 saturated carbocycles. The zero-order valence-electron chi connectivity index (χ0n) is 9.16. The first-order valence-electron chi connectivity index (χ1n) is 5.31. The molecule has 0 bridgehead atoms. The molecular formula is C11H16N2O2. The van der Waals surface area contributed by atoms with Gasteiger partial charge in [-0.1, -0.05) is 12.8 Å². The van der Waals surface area contributed by atoms with E-state index in [4.69, 9.17) is 0 Å². The van der Waals surface area contributed by atoms with Gasteiger partial charge >= 0.3 is 5.97 Å². The molecule has 15 heavy (non-hydrogen) atoms. The predicted molar refractivity (Wildman–Crippen MR) is 55.7 cm³/mol. The van der Waals surface area contributed by atoms with Crippen LogP contribution in [0.3, 0.4) is 0 Å². The minimum absolute atomic E-state index is 0.685. The van der Waals surface area contributed by atoms with Crippen molar-refractivity contribution in [3.05, 3.63) is 17.5 Å². The van der Waals surface area contributed by atoms with Crippen LogP contribution in [0.1, 0.15) is 37.1 Å². The second kappa shape index (κ2) is 3.36. The molecule has 0 unspecified atom stereocenters. The van der Waals surface area contributed by atoms with Gasteiger partial charge in [0.2, 0.25) is 0 Å². The van der Waals surface area contributed by atoms with E-state index in [-0.39, 0.29) is 0 Å². The topological polar surface area (TPSA) is 55.1 Å². The summed E-state index contributed by atoms with van der Waals surface area (Å²) in [5, 5.41) is 13.6. The molecule has 4 heteroatoms. The molecule has 0 aromatic carbocycles. The van der Waals surface area contributed by atoms with Gasteiger partial charge in [0.15, 0.2) is 0 Å². The third-order valence-corrected chi connectivity index (χ3v) is 3.36. The molecular weight excluding hydrogens is 192 g/mol. The second-order valence-electron chi connectivity index (χ2n) is 4.39. The third kappa shape index (κ3) is 1.44. The van der Waals surface area contributed by atoms with Crippen LogP contribution in [0, 0.1) is 6.92 Å². The Morgan fingerprint density at radius 1 is 1.53 bits per heavy atom. The molecule has 1 aromatic rings. The van der Waals surface area contributed by atoms with E-state index in [9.17, 15) is 9.90 Å². The van der Waals surface area contributed by atoms with Crippen LogP contribution in [0.2, 0.25) is 0 Å². The lowest BCUT2D eigenvalue weighted by Crippen LogP contribution is -2.34. The molecule has 1 aromatic heterocycles. The Morgan fingerprint density at radius 2 is 2.13 bits per heavy atom. The molecule has 0 amide bonds. The van der Waals surface area contributed by atoms with Gasteiger partial charge in [0.1, 0.15) is 5.41 Å². The number of carboxylic acid groups (broad SMARTS) is 1. The first-order chi connectivity index (χ1) is 7.06. The Bertz CT molecular complexity index is 389. The molecule has 0 atom stereocenters. The summed E-state index contributed by atoms with van der Waals surface area (Å²) in [5.74, 6) is -0.706. The van der Waals surface area contributed by atoms with Gasteiger partial charge in [-0.05, 0) is 25.8 Å². The van der Waals surface area contributed by atoms with Gasteiger partial charge in [-0.2, -0.15) is 5.10 Å². The normalized spacial score (nSPS) is 19.3. The Kier molecular flexibility index (Phi) is 2.29. The van der Waals surface area contributed by atoms with Gasteiger partial charge in [0, 0.05) is 7.05 Å². The SMILES string of the molecule is Cc1cc(C2(C(=O)O)CCCC2)n(C)n1. The van der Waals surface area contributed by atoms with Crippen LogP contribution in [0.15, 0.2) is 6.07 Å². The molecule has 1 aliphatic rings. The summed E-state index contributed by atoms with van der Waals surface area (Å²) in [7, 11) is 1.82. The highest BCUT2D eigenvalue weighted by Crippen LogP contribution is 2.41. The van der Waals surface area contributed by atoms with Crippen molar-refractivity contribution in [1.29, 1.82) is 0 Å². The summed E-state index contributed by atoms with van der Waals surface area (Å²) in [6, 6.07) is 1.90. The largest absolute Gasteiger partial charge is 0.481 e. The molecule has 2 rings (SSSR count). The van der Waals surface area contributed by atoms with E-state index in [0.717, 1.165) is 37.1 Å². The fourth-order valence-electron chi connectivity index (χ4n) is 2.62. The van der Waals surface area contributed by atoms with Crippen molar-refractivity contribution in [2.75, 3.05) is 0 Å². The number of carbonyl (C=O) groups is 1. The molecule has 0 saturated heterocycles. The van der Waals surface area contributed by atoms with E-state index in [2.05, 4.69) is 5.10 Å². The van der Waals surface area contributed by atoms with Crippen LogP contribution in [0.5, 0.6) is 0 Å². The number of aryl methyl sites for hydroxylation is 2. The average Bonchev–Trinajstić information content (AvgIpc) is 2.72. The van der Waals surface area contributed by atoms with E-state index in [1.165, 1.54) is 0 Å². The molecule has 1 N–H and O–H groups in total. The van der Waals surface area contributed by atoms with Gasteiger partial charge < -0.3 is 5.11 Å². The number of carboxylic acids is 1. The number of hydrogen-bond donors (Lipinski definition) is 1. The van der Waals surface area contributed by atoms with Gasteiger partial charge in [-0.3, -0.25) is 9.48 Å². The number of aliphatic carboxylic acids is 1. The molecule has 0 radical (unpaired) electrons. The lowest BCUT2D eigenvalue weighted by atomic mass is 9.82. The molecule has 4 nitrogen and oxygen atoms in total. The van der Waals surface area contributed by atoms with Crippen molar-refractivity contribution in [3.8, 4) is 0 Å². The maximum absolute atomic E-state index is 11.4. The highest BCUT2D eigenvalue weighted by atomic mass is 16.4. The molecule has 1 aliphatic carbocycles. The highest BCUT2D eigenvalue weighted by Gasteiger charge is 2.45. The zero-order valence-corrected chi connectivity index (χ0v) is 9.16. The number of nitrogens with zero attached hydrogens (tertiary/aromatic N) is 2. The van der Waals surface area contributed by atoms with Gasteiger partial charge in [0.05, 0.1) is 11.4 Å². The van der Waals surface area contributed by atoms with Crippen LogP contribution in [-0.2, 0) is 17.3 Å². The summed E-state index contributed by atoms with van der Waals surface area (Å²) in [4.78, 5) is 11.4. The third-order valence-electron chi connectivity index (χ3n) is 3.36. The quantitative estimate of drug-likeness (QED) is 0.803.